The quantitative estimate of drug-likeness (QED) is 0.682. The number of anilines is 1. The Kier molecular flexibility index (Phi) is 3.16. The molecule has 1 N–H and O–H groups in total. The molecule has 1 aromatic carbocycles. The number of nitrogens with one attached hydrogen (secondary N) is 1. The lowest BCUT2D eigenvalue weighted by atomic mass is 9.88. The van der Waals surface area contributed by atoms with E-state index in [0.717, 1.165) is 31.4 Å². The van der Waals surface area contributed by atoms with E-state index in [1.807, 2.05) is 0 Å². The summed E-state index contributed by atoms with van der Waals surface area (Å²) in [5.74, 6) is 0.0950. The number of hydrogen-bond acceptors (Lipinski definition) is 3. The largest absolute Gasteiger partial charge is 0.326 e. The molecule has 3 atom stereocenters. The lowest BCUT2D eigenvalue weighted by molar-refractivity contribution is -0.387. The van der Waals surface area contributed by atoms with Crippen molar-refractivity contribution < 1.29 is 14.1 Å². The molecule has 0 aromatic heterocycles. The monoisotopic (exact) mass is 278 g/mol. The summed E-state index contributed by atoms with van der Waals surface area (Å²) in [5.41, 5.74) is -0.332. The van der Waals surface area contributed by atoms with E-state index in [1.165, 1.54) is 12.5 Å². The number of benzene rings is 1. The van der Waals surface area contributed by atoms with Gasteiger partial charge in [-0.15, -0.1) is 0 Å². The number of amides is 1. The van der Waals surface area contributed by atoms with Gasteiger partial charge in [0.2, 0.25) is 11.7 Å². The molecule has 106 valence electrons. The zero-order valence-electron chi connectivity index (χ0n) is 10.8. The summed E-state index contributed by atoms with van der Waals surface area (Å²) < 4.78 is 13.2. The van der Waals surface area contributed by atoms with Crippen molar-refractivity contribution in [2.24, 2.45) is 17.8 Å². The molecule has 3 unspecified atom stereocenters. The predicted octanol–water partition coefficient (Wildman–Crippen LogP) is 3.11. The van der Waals surface area contributed by atoms with Gasteiger partial charge in [0.05, 0.1) is 4.92 Å². The molecule has 1 amide bonds. The van der Waals surface area contributed by atoms with Gasteiger partial charge in [-0.3, -0.25) is 14.9 Å². The molecule has 2 bridgehead atoms. The van der Waals surface area contributed by atoms with Crippen molar-refractivity contribution in [2.45, 2.75) is 25.7 Å². The van der Waals surface area contributed by atoms with E-state index in [-0.39, 0.29) is 17.5 Å². The first-order chi connectivity index (χ1) is 9.54. The van der Waals surface area contributed by atoms with Gasteiger partial charge in [0.25, 0.3) is 0 Å². The zero-order valence-corrected chi connectivity index (χ0v) is 10.8. The number of halogens is 1. The summed E-state index contributed by atoms with van der Waals surface area (Å²) in [6.45, 7) is 0. The van der Waals surface area contributed by atoms with E-state index in [9.17, 15) is 19.3 Å². The fraction of sp³-hybridized carbons (Fsp3) is 0.500. The summed E-state index contributed by atoms with van der Waals surface area (Å²) in [6, 6.07) is 3.43. The van der Waals surface area contributed by atoms with Crippen LogP contribution in [0.4, 0.5) is 15.8 Å². The molecule has 0 heterocycles. The van der Waals surface area contributed by atoms with Crippen molar-refractivity contribution >= 4 is 17.3 Å². The number of fused-ring (bicyclic) bond motifs is 2. The third-order valence-electron chi connectivity index (χ3n) is 4.49. The maximum absolute atomic E-state index is 13.2. The minimum Gasteiger partial charge on any atom is -0.326 e. The molecule has 5 nitrogen and oxygen atoms in total. The number of carbonyl (C=O) groups excluding carboxylic acids is 1. The highest BCUT2D eigenvalue weighted by Gasteiger charge is 2.43. The molecule has 0 spiro atoms. The van der Waals surface area contributed by atoms with Crippen molar-refractivity contribution in [3.63, 3.8) is 0 Å². The lowest BCUT2D eigenvalue weighted by Crippen LogP contribution is -2.27. The first kappa shape index (κ1) is 13.0. The Morgan fingerprint density at radius 3 is 2.75 bits per heavy atom. The Hall–Kier alpha value is -1.98. The second-order valence-electron chi connectivity index (χ2n) is 5.69. The lowest BCUT2D eigenvalue weighted by Gasteiger charge is -2.20. The number of carbonyl (C=O) groups is 1. The van der Waals surface area contributed by atoms with Crippen LogP contribution in [0.25, 0.3) is 0 Å². The van der Waals surface area contributed by atoms with Gasteiger partial charge in [-0.25, -0.2) is 0 Å². The Morgan fingerprint density at radius 1 is 1.35 bits per heavy atom. The topological polar surface area (TPSA) is 72.2 Å². The second kappa shape index (κ2) is 4.85. The highest BCUT2D eigenvalue weighted by molar-refractivity contribution is 5.93. The van der Waals surface area contributed by atoms with E-state index < -0.39 is 16.4 Å². The van der Waals surface area contributed by atoms with Crippen LogP contribution in [0, 0.1) is 33.7 Å². The Morgan fingerprint density at radius 2 is 2.15 bits per heavy atom. The van der Waals surface area contributed by atoms with Crippen LogP contribution in [0.5, 0.6) is 0 Å². The summed E-state index contributed by atoms with van der Waals surface area (Å²) >= 11 is 0. The molecule has 2 aliphatic carbocycles. The average Bonchev–Trinajstić information content (AvgIpc) is 3.03. The molecule has 0 radical (unpaired) electrons. The number of hydrogen-bond donors (Lipinski definition) is 1. The molecular weight excluding hydrogens is 263 g/mol. The third kappa shape index (κ3) is 2.26. The number of rotatable bonds is 3. The molecule has 3 rings (SSSR count). The molecule has 2 aliphatic rings. The second-order valence-corrected chi connectivity index (χ2v) is 5.69. The van der Waals surface area contributed by atoms with Crippen LogP contribution in [0.2, 0.25) is 0 Å². The van der Waals surface area contributed by atoms with Gasteiger partial charge in [0, 0.05) is 17.7 Å². The molecule has 2 fully saturated rings. The predicted molar refractivity (Wildman–Crippen MR) is 70.6 cm³/mol. The minimum absolute atomic E-state index is 0.00198. The van der Waals surface area contributed by atoms with Gasteiger partial charge in [-0.05, 0) is 43.2 Å². The highest BCUT2D eigenvalue weighted by Crippen LogP contribution is 2.48. The van der Waals surface area contributed by atoms with Gasteiger partial charge in [0.15, 0.2) is 0 Å². The van der Waals surface area contributed by atoms with Crippen molar-refractivity contribution in [1.82, 2.24) is 0 Å². The van der Waals surface area contributed by atoms with E-state index >= 15 is 0 Å². The van der Waals surface area contributed by atoms with Crippen LogP contribution in [-0.2, 0) is 4.79 Å². The first-order valence-corrected chi connectivity index (χ1v) is 6.79. The molecule has 6 heteroatoms. The minimum atomic E-state index is -0.895. The highest BCUT2D eigenvalue weighted by atomic mass is 19.1. The molecule has 20 heavy (non-hydrogen) atoms. The van der Waals surface area contributed by atoms with Crippen LogP contribution in [0.3, 0.4) is 0 Å². The fourth-order valence-electron chi connectivity index (χ4n) is 3.53. The number of nitrogens with zero attached hydrogens (tertiary/aromatic N) is 1. The average molecular weight is 278 g/mol. The summed E-state index contributed by atoms with van der Waals surface area (Å²) in [6.07, 6.45) is 4.31. The number of nitro benzene ring substituents is 1. The maximum atomic E-state index is 13.2. The van der Waals surface area contributed by atoms with E-state index in [0.29, 0.717) is 11.8 Å². The summed E-state index contributed by atoms with van der Waals surface area (Å²) in [5, 5.41) is 13.4. The van der Waals surface area contributed by atoms with Gasteiger partial charge < -0.3 is 5.32 Å². The molecule has 1 aromatic rings. The maximum Gasteiger partial charge on any atom is 0.306 e. The van der Waals surface area contributed by atoms with Crippen LogP contribution >= 0.6 is 0 Å². The standard InChI is InChI=1S/C14H15FN2O3/c15-12-4-3-10(7-13(12)17(19)20)16-14(18)11-6-8-1-2-9(11)5-8/h3-4,7-9,11H,1-2,5-6H2,(H,16,18). The molecule has 0 aliphatic heterocycles. The van der Waals surface area contributed by atoms with Crippen molar-refractivity contribution in [2.75, 3.05) is 5.32 Å². The van der Waals surface area contributed by atoms with Crippen LogP contribution in [0.15, 0.2) is 18.2 Å². The Bertz CT molecular complexity index is 576. The van der Waals surface area contributed by atoms with E-state index in [2.05, 4.69) is 5.32 Å². The Labute approximate surface area is 115 Å². The van der Waals surface area contributed by atoms with E-state index in [1.54, 1.807) is 0 Å². The normalized spacial score (nSPS) is 27.6. The van der Waals surface area contributed by atoms with Crippen LogP contribution in [-0.4, -0.2) is 10.8 Å². The Balaban J connectivity index is 1.73. The number of nitro groups is 1. The SMILES string of the molecule is O=C(Nc1ccc(F)c([N+](=O)[O-])c1)C1CC2CCC1C2. The fourth-order valence-corrected chi connectivity index (χ4v) is 3.53. The van der Waals surface area contributed by atoms with E-state index in [4.69, 9.17) is 0 Å². The van der Waals surface area contributed by atoms with Gasteiger partial charge >= 0.3 is 5.69 Å². The summed E-state index contributed by atoms with van der Waals surface area (Å²) in [4.78, 5) is 22.1. The van der Waals surface area contributed by atoms with Crippen LogP contribution < -0.4 is 5.32 Å². The van der Waals surface area contributed by atoms with Gasteiger partial charge in [0.1, 0.15) is 0 Å². The van der Waals surface area contributed by atoms with Crippen LogP contribution in [0.1, 0.15) is 25.7 Å². The third-order valence-corrected chi connectivity index (χ3v) is 4.49. The molecular formula is C14H15FN2O3. The molecule has 2 saturated carbocycles. The van der Waals surface area contributed by atoms with Gasteiger partial charge in [-0.2, -0.15) is 4.39 Å². The smallest absolute Gasteiger partial charge is 0.306 e. The zero-order chi connectivity index (χ0) is 14.3. The van der Waals surface area contributed by atoms with Crippen molar-refractivity contribution in [3.8, 4) is 0 Å². The van der Waals surface area contributed by atoms with Crippen molar-refractivity contribution in [3.05, 3.63) is 34.1 Å². The molecule has 0 saturated heterocycles. The van der Waals surface area contributed by atoms with Gasteiger partial charge in [-0.1, -0.05) is 6.42 Å². The summed E-state index contributed by atoms with van der Waals surface area (Å²) in [7, 11) is 0. The van der Waals surface area contributed by atoms with Crippen molar-refractivity contribution in [1.29, 1.82) is 0 Å². The first-order valence-electron chi connectivity index (χ1n) is 6.79.